The lowest BCUT2D eigenvalue weighted by molar-refractivity contribution is -0.144. The van der Waals surface area contributed by atoms with Crippen LogP contribution in [0.3, 0.4) is 0 Å². The summed E-state index contributed by atoms with van der Waals surface area (Å²) in [6.45, 7) is 0. The Hall–Kier alpha value is -1.38. The van der Waals surface area contributed by atoms with Crippen LogP contribution in [0.25, 0.3) is 0 Å². The van der Waals surface area contributed by atoms with Crippen LogP contribution in [0.5, 0.6) is 0 Å². The normalized spacial score (nSPS) is 25.2. The summed E-state index contributed by atoms with van der Waals surface area (Å²) >= 11 is 0. The van der Waals surface area contributed by atoms with Gasteiger partial charge in [-0.3, -0.25) is 9.78 Å². The molecule has 2 rings (SSSR count). The van der Waals surface area contributed by atoms with E-state index in [1.165, 1.54) is 0 Å². The fourth-order valence-electron chi connectivity index (χ4n) is 2.60. The van der Waals surface area contributed by atoms with Gasteiger partial charge in [0, 0.05) is 12.4 Å². The predicted octanol–water partition coefficient (Wildman–Crippen LogP) is 2.52. The van der Waals surface area contributed by atoms with Gasteiger partial charge < -0.3 is 5.11 Å². The van der Waals surface area contributed by atoms with Gasteiger partial charge in [-0.05, 0) is 36.8 Å². The van der Waals surface area contributed by atoms with Gasteiger partial charge >= 0.3 is 5.97 Å². The first-order chi connectivity index (χ1) is 7.77. The van der Waals surface area contributed by atoms with Gasteiger partial charge in [-0.15, -0.1) is 0 Å². The average Bonchev–Trinajstić information content (AvgIpc) is 2.31. The van der Waals surface area contributed by atoms with Gasteiger partial charge in [0.05, 0.1) is 5.92 Å². The van der Waals surface area contributed by atoms with Crippen molar-refractivity contribution in [3.05, 3.63) is 30.1 Å². The number of hydrogen-bond acceptors (Lipinski definition) is 2. The summed E-state index contributed by atoms with van der Waals surface area (Å²) < 4.78 is 0. The zero-order valence-corrected chi connectivity index (χ0v) is 9.30. The van der Waals surface area contributed by atoms with Crippen LogP contribution in [0.4, 0.5) is 0 Å². The van der Waals surface area contributed by atoms with Gasteiger partial charge in [0.2, 0.25) is 0 Å². The third-order valence-corrected chi connectivity index (χ3v) is 3.45. The molecule has 0 aliphatic heterocycles. The highest BCUT2D eigenvalue weighted by Crippen LogP contribution is 2.32. The Balaban J connectivity index is 2.04. The first-order valence-corrected chi connectivity index (χ1v) is 5.89. The van der Waals surface area contributed by atoms with Crippen molar-refractivity contribution in [3.63, 3.8) is 0 Å². The van der Waals surface area contributed by atoms with Crippen LogP contribution in [0.2, 0.25) is 0 Å². The molecule has 3 nitrogen and oxygen atoms in total. The quantitative estimate of drug-likeness (QED) is 0.849. The monoisotopic (exact) mass is 219 g/mol. The molecule has 0 amide bonds. The molecule has 0 unspecified atom stereocenters. The maximum Gasteiger partial charge on any atom is 0.306 e. The largest absolute Gasteiger partial charge is 0.481 e. The number of aromatic nitrogens is 1. The molecule has 2 atom stereocenters. The molecule has 0 radical (unpaired) electrons. The summed E-state index contributed by atoms with van der Waals surface area (Å²) in [5.41, 5.74) is 1.15. The fraction of sp³-hybridized carbons (Fsp3) is 0.538. The Kier molecular flexibility index (Phi) is 3.54. The average molecular weight is 219 g/mol. The predicted molar refractivity (Wildman–Crippen MR) is 61.0 cm³/mol. The highest BCUT2D eigenvalue weighted by Gasteiger charge is 2.30. The molecular weight excluding hydrogens is 202 g/mol. The molecule has 0 bridgehead atoms. The molecule has 1 saturated carbocycles. The summed E-state index contributed by atoms with van der Waals surface area (Å²) in [4.78, 5) is 15.2. The maximum absolute atomic E-state index is 11.1. The van der Waals surface area contributed by atoms with Crippen LogP contribution in [0.15, 0.2) is 24.5 Å². The van der Waals surface area contributed by atoms with Crippen molar-refractivity contribution in [1.82, 2.24) is 4.98 Å². The first-order valence-electron chi connectivity index (χ1n) is 5.89. The smallest absolute Gasteiger partial charge is 0.306 e. The Morgan fingerprint density at radius 2 is 2.25 bits per heavy atom. The van der Waals surface area contributed by atoms with Crippen molar-refractivity contribution in [2.45, 2.75) is 32.1 Å². The van der Waals surface area contributed by atoms with E-state index < -0.39 is 5.97 Å². The minimum atomic E-state index is -0.631. The van der Waals surface area contributed by atoms with Crippen LogP contribution in [0.1, 0.15) is 31.2 Å². The van der Waals surface area contributed by atoms with Crippen LogP contribution in [-0.2, 0) is 11.2 Å². The summed E-state index contributed by atoms with van der Waals surface area (Å²) in [6, 6.07) is 3.94. The number of rotatable bonds is 3. The Bertz CT molecular complexity index is 350. The van der Waals surface area contributed by atoms with Crippen LogP contribution in [0, 0.1) is 11.8 Å². The van der Waals surface area contributed by atoms with E-state index >= 15 is 0 Å². The molecule has 0 spiro atoms. The van der Waals surface area contributed by atoms with Gasteiger partial charge in [0.15, 0.2) is 0 Å². The topological polar surface area (TPSA) is 50.2 Å². The van der Waals surface area contributed by atoms with Crippen LogP contribution < -0.4 is 0 Å². The van der Waals surface area contributed by atoms with E-state index in [0.29, 0.717) is 0 Å². The number of nitrogens with zero attached hydrogens (tertiary/aromatic N) is 1. The van der Waals surface area contributed by atoms with E-state index in [0.717, 1.165) is 37.7 Å². The van der Waals surface area contributed by atoms with E-state index in [4.69, 9.17) is 0 Å². The lowest BCUT2D eigenvalue weighted by Crippen LogP contribution is -2.28. The van der Waals surface area contributed by atoms with Gasteiger partial charge in [0.25, 0.3) is 0 Å². The number of pyridine rings is 1. The van der Waals surface area contributed by atoms with Gasteiger partial charge in [-0.25, -0.2) is 0 Å². The number of carboxylic acid groups (broad SMARTS) is 1. The molecule has 0 aromatic carbocycles. The molecule has 1 fully saturated rings. The lowest BCUT2D eigenvalue weighted by Gasteiger charge is -2.28. The van der Waals surface area contributed by atoms with Crippen molar-refractivity contribution < 1.29 is 9.90 Å². The van der Waals surface area contributed by atoms with Crippen molar-refractivity contribution in [1.29, 1.82) is 0 Å². The summed E-state index contributed by atoms with van der Waals surface area (Å²) in [6.07, 6.45) is 8.53. The molecular formula is C13H17NO2. The molecule has 86 valence electrons. The zero-order valence-electron chi connectivity index (χ0n) is 9.30. The molecule has 1 aromatic heterocycles. The first kappa shape index (κ1) is 11.1. The van der Waals surface area contributed by atoms with Crippen molar-refractivity contribution in [2.24, 2.45) is 11.8 Å². The Labute approximate surface area is 95.5 Å². The van der Waals surface area contributed by atoms with Crippen LogP contribution >= 0.6 is 0 Å². The minimum Gasteiger partial charge on any atom is -0.481 e. The number of carboxylic acids is 1. The Morgan fingerprint density at radius 1 is 1.44 bits per heavy atom. The third kappa shape index (κ3) is 2.60. The van der Waals surface area contributed by atoms with Crippen molar-refractivity contribution in [2.75, 3.05) is 0 Å². The molecule has 3 heteroatoms. The third-order valence-electron chi connectivity index (χ3n) is 3.45. The highest BCUT2D eigenvalue weighted by atomic mass is 16.4. The molecule has 0 saturated heterocycles. The maximum atomic E-state index is 11.1. The number of aliphatic carboxylic acids is 1. The molecule has 16 heavy (non-hydrogen) atoms. The van der Waals surface area contributed by atoms with Crippen molar-refractivity contribution in [3.8, 4) is 0 Å². The zero-order chi connectivity index (χ0) is 11.4. The molecule has 1 aliphatic rings. The standard InChI is InChI=1S/C13H17NO2/c15-13(16)12-6-2-1-5-11(12)8-10-4-3-7-14-9-10/h3-4,7,9,11-12H,1-2,5-6,8H2,(H,15,16)/t11-,12-/m0/s1. The molecule has 1 aliphatic carbocycles. The second kappa shape index (κ2) is 5.10. The van der Waals surface area contributed by atoms with Gasteiger partial charge in [-0.1, -0.05) is 18.9 Å². The summed E-state index contributed by atoms with van der Waals surface area (Å²) in [5.74, 6) is -0.502. The second-order valence-corrected chi connectivity index (χ2v) is 4.55. The second-order valence-electron chi connectivity index (χ2n) is 4.55. The van der Waals surface area contributed by atoms with Gasteiger partial charge in [-0.2, -0.15) is 0 Å². The van der Waals surface area contributed by atoms with E-state index in [2.05, 4.69) is 4.98 Å². The Morgan fingerprint density at radius 3 is 2.94 bits per heavy atom. The van der Waals surface area contributed by atoms with E-state index in [1.807, 2.05) is 18.3 Å². The number of carbonyl (C=O) groups is 1. The molecule has 1 aromatic rings. The SMILES string of the molecule is O=C(O)[C@H]1CCCC[C@H]1Cc1cccnc1. The molecule has 1 N–H and O–H groups in total. The van der Waals surface area contributed by atoms with E-state index in [9.17, 15) is 9.90 Å². The van der Waals surface area contributed by atoms with Gasteiger partial charge in [0.1, 0.15) is 0 Å². The van der Waals surface area contributed by atoms with Crippen LogP contribution in [-0.4, -0.2) is 16.1 Å². The van der Waals surface area contributed by atoms with E-state index in [1.54, 1.807) is 6.20 Å². The summed E-state index contributed by atoms with van der Waals surface area (Å²) in [5, 5.41) is 9.17. The minimum absolute atomic E-state index is 0.158. The molecule has 1 heterocycles. The number of hydrogen-bond donors (Lipinski definition) is 1. The van der Waals surface area contributed by atoms with E-state index in [-0.39, 0.29) is 11.8 Å². The lowest BCUT2D eigenvalue weighted by atomic mass is 9.76. The van der Waals surface area contributed by atoms with Crippen molar-refractivity contribution >= 4 is 5.97 Å². The summed E-state index contributed by atoms with van der Waals surface area (Å²) in [7, 11) is 0. The highest BCUT2D eigenvalue weighted by molar-refractivity contribution is 5.70. The fourth-order valence-corrected chi connectivity index (χ4v) is 2.60.